The number of hydrogen-bond acceptors (Lipinski definition) is 5. The van der Waals surface area contributed by atoms with Gasteiger partial charge in [0, 0.05) is 39.8 Å². The van der Waals surface area contributed by atoms with E-state index in [0.29, 0.717) is 22.7 Å². The van der Waals surface area contributed by atoms with Gasteiger partial charge in [-0.1, -0.05) is 11.2 Å². The number of aliphatic imine (C=N–C) groups is 1. The first-order valence-corrected chi connectivity index (χ1v) is 9.25. The maximum absolute atomic E-state index is 13.7. The Morgan fingerprint density at radius 1 is 1.35 bits per heavy atom. The molecule has 1 aliphatic rings. The predicted octanol–water partition coefficient (Wildman–Crippen LogP) is 2.17. The number of nitrogens with one attached hydrogen (secondary N) is 1. The van der Waals surface area contributed by atoms with Crippen LogP contribution < -0.4 is 5.32 Å². The lowest BCUT2D eigenvalue weighted by Crippen LogP contribution is -2.52. The van der Waals surface area contributed by atoms with Crippen LogP contribution in [0.5, 0.6) is 0 Å². The topological polar surface area (TPSA) is 69.8 Å². The highest BCUT2D eigenvalue weighted by molar-refractivity contribution is 9.10. The van der Waals surface area contributed by atoms with Crippen LogP contribution in [-0.2, 0) is 13.1 Å². The van der Waals surface area contributed by atoms with Crippen molar-refractivity contribution in [3.8, 4) is 0 Å². The van der Waals surface area contributed by atoms with Crippen LogP contribution in [0.1, 0.15) is 17.3 Å². The summed E-state index contributed by atoms with van der Waals surface area (Å²) in [6.07, 6.45) is 0. The van der Waals surface area contributed by atoms with E-state index in [2.05, 4.69) is 46.2 Å². The van der Waals surface area contributed by atoms with Crippen LogP contribution in [0.4, 0.5) is 4.39 Å². The van der Waals surface area contributed by atoms with Crippen molar-refractivity contribution in [2.24, 2.45) is 4.99 Å². The highest BCUT2D eigenvalue weighted by atomic mass is 79.9. The highest BCUT2D eigenvalue weighted by Crippen LogP contribution is 2.18. The SMILES string of the molecule is CN=C(NCc1nc(C)no1)N1CCN(Cc2ccc(Br)c(F)c2)CC1. The van der Waals surface area contributed by atoms with Crippen molar-refractivity contribution in [3.63, 3.8) is 0 Å². The van der Waals surface area contributed by atoms with E-state index in [0.717, 1.165) is 44.2 Å². The van der Waals surface area contributed by atoms with Crippen molar-refractivity contribution in [1.29, 1.82) is 0 Å². The molecule has 0 atom stereocenters. The van der Waals surface area contributed by atoms with E-state index in [1.54, 1.807) is 26.1 Å². The van der Waals surface area contributed by atoms with Gasteiger partial charge in [0.05, 0.1) is 11.0 Å². The van der Waals surface area contributed by atoms with Crippen LogP contribution in [0.25, 0.3) is 0 Å². The molecule has 9 heteroatoms. The molecule has 0 aliphatic carbocycles. The van der Waals surface area contributed by atoms with Crippen LogP contribution >= 0.6 is 15.9 Å². The Hall–Kier alpha value is -2.00. The lowest BCUT2D eigenvalue weighted by atomic mass is 10.2. The zero-order valence-corrected chi connectivity index (χ0v) is 16.5. The molecular weight excluding hydrogens is 403 g/mol. The Morgan fingerprint density at radius 3 is 2.73 bits per heavy atom. The quantitative estimate of drug-likeness (QED) is 0.598. The molecule has 0 radical (unpaired) electrons. The van der Waals surface area contributed by atoms with Gasteiger partial charge in [-0.2, -0.15) is 4.98 Å². The van der Waals surface area contributed by atoms with Crippen LogP contribution in [0.2, 0.25) is 0 Å². The Bertz CT molecular complexity index is 772. The Kier molecular flexibility index (Phi) is 6.20. The summed E-state index contributed by atoms with van der Waals surface area (Å²) in [4.78, 5) is 13.0. The number of aromatic nitrogens is 2. The van der Waals surface area contributed by atoms with Gasteiger partial charge in [-0.25, -0.2) is 4.39 Å². The first kappa shape index (κ1) is 18.8. The molecule has 3 rings (SSSR count). The molecule has 1 saturated heterocycles. The number of hydrogen-bond donors (Lipinski definition) is 1. The van der Waals surface area contributed by atoms with E-state index >= 15 is 0 Å². The number of aryl methyl sites for hydroxylation is 1. The van der Waals surface area contributed by atoms with Gasteiger partial charge in [0.15, 0.2) is 11.8 Å². The van der Waals surface area contributed by atoms with E-state index < -0.39 is 0 Å². The number of nitrogens with zero attached hydrogens (tertiary/aromatic N) is 5. The zero-order valence-electron chi connectivity index (χ0n) is 14.9. The number of benzene rings is 1. The van der Waals surface area contributed by atoms with Crippen LogP contribution in [0.15, 0.2) is 32.2 Å². The van der Waals surface area contributed by atoms with Gasteiger partial charge in [0.1, 0.15) is 5.82 Å². The van der Waals surface area contributed by atoms with E-state index in [4.69, 9.17) is 4.52 Å². The molecule has 7 nitrogen and oxygen atoms in total. The fourth-order valence-electron chi connectivity index (χ4n) is 2.91. The van der Waals surface area contributed by atoms with Crippen LogP contribution in [0.3, 0.4) is 0 Å². The highest BCUT2D eigenvalue weighted by Gasteiger charge is 2.20. The summed E-state index contributed by atoms with van der Waals surface area (Å²) in [6.45, 7) is 6.45. The van der Waals surface area contributed by atoms with Crippen LogP contribution in [0, 0.1) is 12.7 Å². The molecule has 1 aromatic carbocycles. The largest absolute Gasteiger partial charge is 0.347 e. The molecule has 0 saturated carbocycles. The molecule has 0 spiro atoms. The summed E-state index contributed by atoms with van der Waals surface area (Å²) < 4.78 is 19.3. The fraction of sp³-hybridized carbons (Fsp3) is 0.471. The van der Waals surface area contributed by atoms with E-state index in [9.17, 15) is 4.39 Å². The van der Waals surface area contributed by atoms with Gasteiger partial charge in [0.25, 0.3) is 0 Å². The second-order valence-electron chi connectivity index (χ2n) is 6.15. The molecule has 1 fully saturated rings. The maximum Gasteiger partial charge on any atom is 0.246 e. The third-order valence-electron chi connectivity index (χ3n) is 4.24. The molecule has 0 bridgehead atoms. The molecule has 26 heavy (non-hydrogen) atoms. The lowest BCUT2D eigenvalue weighted by Gasteiger charge is -2.36. The second-order valence-corrected chi connectivity index (χ2v) is 7.00. The Labute approximate surface area is 160 Å². The molecule has 1 aromatic heterocycles. The zero-order chi connectivity index (χ0) is 18.5. The van der Waals surface area contributed by atoms with Crippen molar-refractivity contribution in [2.45, 2.75) is 20.0 Å². The van der Waals surface area contributed by atoms with Crippen molar-refractivity contribution in [3.05, 3.63) is 45.8 Å². The molecular formula is C17H22BrFN6O. The summed E-state index contributed by atoms with van der Waals surface area (Å²) >= 11 is 3.19. The number of halogens is 2. The van der Waals surface area contributed by atoms with Crippen molar-refractivity contribution in [2.75, 3.05) is 33.2 Å². The third-order valence-corrected chi connectivity index (χ3v) is 4.88. The molecule has 140 valence electrons. The minimum absolute atomic E-state index is 0.220. The second kappa shape index (κ2) is 8.59. The smallest absolute Gasteiger partial charge is 0.246 e. The van der Waals surface area contributed by atoms with Gasteiger partial charge in [-0.3, -0.25) is 9.89 Å². The van der Waals surface area contributed by atoms with Gasteiger partial charge in [0.2, 0.25) is 5.89 Å². The standard InChI is InChI=1S/C17H22BrFN6O/c1-12-22-16(26-23-12)10-21-17(20-2)25-7-5-24(6-8-25)11-13-3-4-14(18)15(19)9-13/h3-4,9H,5-8,10-11H2,1-2H3,(H,20,21). The van der Waals surface area contributed by atoms with Crippen LogP contribution in [-0.4, -0.2) is 59.1 Å². The van der Waals surface area contributed by atoms with Crippen molar-refractivity contribution >= 4 is 21.9 Å². The summed E-state index contributed by atoms with van der Waals surface area (Å²) in [6, 6.07) is 5.29. The lowest BCUT2D eigenvalue weighted by molar-refractivity contribution is 0.172. The average Bonchev–Trinajstić information content (AvgIpc) is 3.05. The maximum atomic E-state index is 13.7. The van der Waals surface area contributed by atoms with Crippen molar-refractivity contribution < 1.29 is 8.91 Å². The minimum atomic E-state index is -0.220. The average molecular weight is 425 g/mol. The molecule has 2 aromatic rings. The molecule has 2 heterocycles. The van der Waals surface area contributed by atoms with E-state index in [1.165, 1.54) is 0 Å². The van der Waals surface area contributed by atoms with Gasteiger partial charge in [-0.05, 0) is 40.5 Å². The first-order valence-electron chi connectivity index (χ1n) is 8.46. The molecule has 1 N–H and O–H groups in total. The Morgan fingerprint density at radius 2 is 2.12 bits per heavy atom. The van der Waals surface area contributed by atoms with Gasteiger partial charge < -0.3 is 14.7 Å². The summed E-state index contributed by atoms with van der Waals surface area (Å²) in [5.41, 5.74) is 0.980. The summed E-state index contributed by atoms with van der Waals surface area (Å²) in [5.74, 6) is 1.76. The normalized spacial score (nSPS) is 16.2. The molecule has 0 unspecified atom stereocenters. The fourth-order valence-corrected chi connectivity index (χ4v) is 3.16. The minimum Gasteiger partial charge on any atom is -0.347 e. The number of rotatable bonds is 4. The predicted molar refractivity (Wildman–Crippen MR) is 100 cm³/mol. The molecule has 0 amide bonds. The Balaban J connectivity index is 1.49. The number of guanidine groups is 1. The van der Waals surface area contributed by atoms with Crippen molar-refractivity contribution in [1.82, 2.24) is 25.3 Å². The van der Waals surface area contributed by atoms with E-state index in [-0.39, 0.29) is 5.82 Å². The van der Waals surface area contributed by atoms with Gasteiger partial charge >= 0.3 is 0 Å². The van der Waals surface area contributed by atoms with E-state index in [1.807, 2.05) is 6.07 Å². The third kappa shape index (κ3) is 4.79. The van der Waals surface area contributed by atoms with Gasteiger partial charge in [-0.15, -0.1) is 0 Å². The summed E-state index contributed by atoms with van der Waals surface area (Å²) in [5, 5.41) is 7.03. The number of piperazine rings is 1. The molecule has 1 aliphatic heterocycles. The summed E-state index contributed by atoms with van der Waals surface area (Å²) in [7, 11) is 1.76. The monoisotopic (exact) mass is 424 g/mol. The first-order chi connectivity index (χ1) is 12.5.